The molecule has 1 N–H and O–H groups in total. The average Bonchev–Trinajstić information content (AvgIpc) is 3.01. The lowest BCUT2D eigenvalue weighted by Gasteiger charge is -2.39. The van der Waals surface area contributed by atoms with Gasteiger partial charge in [0, 0.05) is 25.7 Å². The summed E-state index contributed by atoms with van der Waals surface area (Å²) in [6.45, 7) is 7.82. The fraction of sp³-hybridized carbons (Fsp3) is 0.652. The standard InChI is InChI=1S/C23H32N2O7S/c1-22(2)11-16-12-23(3,14-22)15-25(16)20(27)13-32-21(28)18-10-17(4-5-19(18)26)33(29,30)24-6-8-31-9-7-24/h4-5,10,16,26H,6-9,11-15H2,1-3H3. The molecular formula is C23H32N2O7S. The molecule has 2 saturated heterocycles. The molecule has 3 fully saturated rings. The third kappa shape index (κ3) is 4.88. The first-order valence-corrected chi connectivity index (χ1v) is 12.7. The molecule has 0 spiro atoms. The molecule has 1 aromatic carbocycles. The predicted octanol–water partition coefficient (Wildman–Crippen LogP) is 2.00. The van der Waals surface area contributed by atoms with Crippen LogP contribution in [0.25, 0.3) is 0 Å². The lowest BCUT2D eigenvalue weighted by atomic mass is 9.65. The number of hydrogen-bond acceptors (Lipinski definition) is 7. The van der Waals surface area contributed by atoms with Crippen molar-refractivity contribution in [1.29, 1.82) is 0 Å². The van der Waals surface area contributed by atoms with Crippen molar-refractivity contribution in [2.24, 2.45) is 10.8 Å². The number of benzene rings is 1. The van der Waals surface area contributed by atoms with Crippen LogP contribution in [0.4, 0.5) is 0 Å². The van der Waals surface area contributed by atoms with Crippen molar-refractivity contribution in [1.82, 2.24) is 9.21 Å². The second-order valence-electron chi connectivity index (χ2n) is 10.5. The number of fused-ring (bicyclic) bond motifs is 2. The van der Waals surface area contributed by atoms with Crippen molar-refractivity contribution >= 4 is 21.9 Å². The Morgan fingerprint density at radius 3 is 2.58 bits per heavy atom. The summed E-state index contributed by atoms with van der Waals surface area (Å²) in [5.74, 6) is -1.61. The van der Waals surface area contributed by atoms with Gasteiger partial charge in [-0.15, -0.1) is 0 Å². The van der Waals surface area contributed by atoms with Gasteiger partial charge in [-0.3, -0.25) is 4.79 Å². The molecule has 4 rings (SSSR count). The van der Waals surface area contributed by atoms with Crippen LogP contribution in [0, 0.1) is 10.8 Å². The number of rotatable bonds is 5. The van der Waals surface area contributed by atoms with Gasteiger partial charge in [0.2, 0.25) is 10.0 Å². The van der Waals surface area contributed by atoms with Crippen molar-refractivity contribution in [3.8, 4) is 5.75 Å². The van der Waals surface area contributed by atoms with E-state index in [4.69, 9.17) is 9.47 Å². The summed E-state index contributed by atoms with van der Waals surface area (Å²) in [6, 6.07) is 3.62. The molecule has 1 aromatic rings. The third-order valence-electron chi connectivity index (χ3n) is 6.86. The van der Waals surface area contributed by atoms with E-state index in [9.17, 15) is 23.1 Å². The smallest absolute Gasteiger partial charge is 0.342 e. The number of phenolic OH excluding ortho intramolecular Hbond substituents is 1. The Hall–Kier alpha value is -2.17. The Morgan fingerprint density at radius 2 is 1.88 bits per heavy atom. The normalized spacial score (nSPS) is 27.4. The summed E-state index contributed by atoms with van der Waals surface area (Å²) in [5, 5.41) is 10.1. The van der Waals surface area contributed by atoms with Gasteiger partial charge in [0.05, 0.1) is 18.1 Å². The molecule has 0 aromatic heterocycles. The number of likely N-dealkylation sites (tertiary alicyclic amines) is 1. The van der Waals surface area contributed by atoms with Gasteiger partial charge in [0.1, 0.15) is 11.3 Å². The van der Waals surface area contributed by atoms with E-state index in [0.717, 1.165) is 31.4 Å². The fourth-order valence-electron chi connectivity index (χ4n) is 5.81. The highest BCUT2D eigenvalue weighted by Gasteiger charge is 2.51. The molecule has 1 amide bonds. The van der Waals surface area contributed by atoms with E-state index in [2.05, 4.69) is 20.8 Å². The lowest BCUT2D eigenvalue weighted by Crippen LogP contribution is -2.40. The van der Waals surface area contributed by atoms with Crippen LogP contribution in [-0.4, -0.2) is 80.1 Å². The summed E-state index contributed by atoms with van der Waals surface area (Å²) < 4.78 is 37.4. The number of hydrogen-bond donors (Lipinski definition) is 1. The van der Waals surface area contributed by atoms with Gasteiger partial charge in [-0.2, -0.15) is 4.31 Å². The number of phenols is 1. The molecule has 33 heavy (non-hydrogen) atoms. The monoisotopic (exact) mass is 480 g/mol. The molecule has 3 aliphatic rings. The molecule has 0 radical (unpaired) electrons. The Kier molecular flexibility index (Phi) is 6.22. The highest BCUT2D eigenvalue weighted by atomic mass is 32.2. The number of sulfonamides is 1. The summed E-state index contributed by atoms with van der Waals surface area (Å²) in [7, 11) is -3.85. The topological polar surface area (TPSA) is 113 Å². The molecule has 2 atom stereocenters. The summed E-state index contributed by atoms with van der Waals surface area (Å²) in [5.41, 5.74) is -0.0703. The van der Waals surface area contributed by atoms with Crippen LogP contribution >= 0.6 is 0 Å². The summed E-state index contributed by atoms with van der Waals surface area (Å²) in [4.78, 5) is 27.2. The van der Waals surface area contributed by atoms with Crippen LogP contribution in [0.5, 0.6) is 5.75 Å². The average molecular weight is 481 g/mol. The van der Waals surface area contributed by atoms with Crippen molar-refractivity contribution < 1.29 is 32.6 Å². The van der Waals surface area contributed by atoms with Gasteiger partial charge >= 0.3 is 5.97 Å². The highest BCUT2D eigenvalue weighted by Crippen LogP contribution is 2.52. The molecular weight excluding hydrogens is 448 g/mol. The number of ether oxygens (including phenoxy) is 2. The zero-order chi connectivity index (χ0) is 24.0. The number of carbonyl (C=O) groups excluding carboxylic acids is 2. The van der Waals surface area contributed by atoms with E-state index in [1.165, 1.54) is 10.4 Å². The van der Waals surface area contributed by atoms with E-state index in [0.29, 0.717) is 19.8 Å². The van der Waals surface area contributed by atoms with Gasteiger partial charge in [0.15, 0.2) is 6.61 Å². The van der Waals surface area contributed by atoms with Crippen LogP contribution in [0.15, 0.2) is 23.1 Å². The fourth-order valence-corrected chi connectivity index (χ4v) is 7.25. The third-order valence-corrected chi connectivity index (χ3v) is 8.75. The number of carbonyl (C=O) groups is 2. The first-order valence-electron chi connectivity index (χ1n) is 11.3. The molecule has 1 saturated carbocycles. The van der Waals surface area contributed by atoms with Gasteiger partial charge in [-0.1, -0.05) is 20.8 Å². The van der Waals surface area contributed by atoms with E-state index < -0.39 is 28.3 Å². The zero-order valence-corrected chi connectivity index (χ0v) is 20.2. The second kappa shape index (κ2) is 8.56. The van der Waals surface area contributed by atoms with Crippen LogP contribution < -0.4 is 0 Å². The Morgan fingerprint density at radius 1 is 1.18 bits per heavy atom. The van der Waals surface area contributed by atoms with Crippen LogP contribution in [0.1, 0.15) is 50.4 Å². The summed E-state index contributed by atoms with van der Waals surface area (Å²) in [6.07, 6.45) is 2.89. The zero-order valence-electron chi connectivity index (χ0n) is 19.4. The first kappa shape index (κ1) is 24.0. The van der Waals surface area contributed by atoms with Crippen LogP contribution in [0.3, 0.4) is 0 Å². The van der Waals surface area contributed by atoms with Crippen LogP contribution in [-0.2, 0) is 24.3 Å². The maximum atomic E-state index is 12.9. The predicted molar refractivity (Wildman–Crippen MR) is 119 cm³/mol. The van der Waals surface area contributed by atoms with Crippen molar-refractivity contribution in [3.63, 3.8) is 0 Å². The maximum Gasteiger partial charge on any atom is 0.342 e. The molecule has 2 bridgehead atoms. The number of amides is 1. The Balaban J connectivity index is 1.44. The summed E-state index contributed by atoms with van der Waals surface area (Å²) >= 11 is 0. The molecule has 2 unspecified atom stereocenters. The minimum atomic E-state index is -3.85. The van der Waals surface area contributed by atoms with Gasteiger partial charge < -0.3 is 19.5 Å². The van der Waals surface area contributed by atoms with Crippen molar-refractivity contribution in [2.75, 3.05) is 39.5 Å². The Labute approximate surface area is 194 Å². The first-order chi connectivity index (χ1) is 15.4. The van der Waals surface area contributed by atoms with E-state index in [1.54, 1.807) is 4.90 Å². The van der Waals surface area contributed by atoms with Gasteiger partial charge in [-0.25, -0.2) is 13.2 Å². The maximum absolute atomic E-state index is 12.9. The number of esters is 1. The largest absolute Gasteiger partial charge is 0.507 e. The minimum Gasteiger partial charge on any atom is -0.507 e. The van der Waals surface area contributed by atoms with E-state index in [-0.39, 0.29) is 46.3 Å². The van der Waals surface area contributed by atoms with Crippen molar-refractivity contribution in [2.45, 2.75) is 51.0 Å². The number of nitrogens with zero attached hydrogens (tertiary/aromatic N) is 2. The SMILES string of the molecule is CC1(C)CC2CC(C)(CN2C(=O)COC(=O)c2cc(S(=O)(=O)N3CCOCC3)ccc2O)C1. The molecule has 1 aliphatic carbocycles. The molecule has 2 aliphatic heterocycles. The van der Waals surface area contributed by atoms with Crippen LogP contribution in [0.2, 0.25) is 0 Å². The van der Waals surface area contributed by atoms with Gasteiger partial charge in [0.25, 0.3) is 5.91 Å². The van der Waals surface area contributed by atoms with E-state index >= 15 is 0 Å². The lowest BCUT2D eigenvalue weighted by molar-refractivity contribution is -0.135. The van der Waals surface area contributed by atoms with Crippen molar-refractivity contribution in [3.05, 3.63) is 23.8 Å². The number of aromatic hydroxyl groups is 1. The van der Waals surface area contributed by atoms with Gasteiger partial charge in [-0.05, 0) is 48.3 Å². The Bertz CT molecular complexity index is 1050. The molecule has 9 nitrogen and oxygen atoms in total. The quantitative estimate of drug-likeness (QED) is 0.641. The minimum absolute atomic E-state index is 0.0620. The molecule has 2 heterocycles. The highest BCUT2D eigenvalue weighted by molar-refractivity contribution is 7.89. The number of morpholine rings is 1. The second-order valence-corrected chi connectivity index (χ2v) is 12.4. The molecule has 182 valence electrons. The molecule has 10 heteroatoms. The van der Waals surface area contributed by atoms with E-state index in [1.807, 2.05) is 0 Å².